The summed E-state index contributed by atoms with van der Waals surface area (Å²) in [5.41, 5.74) is 5.60. The number of rotatable bonds is 6. The van der Waals surface area contributed by atoms with Crippen LogP contribution in [0.4, 0.5) is 4.79 Å². The zero-order valence-electron chi connectivity index (χ0n) is 9.25. The monoisotopic (exact) mass is 259 g/mol. The first-order valence-corrected chi connectivity index (χ1v) is 5.78. The summed E-state index contributed by atoms with van der Waals surface area (Å²) in [5, 5.41) is 9.16. The molecule has 0 saturated heterocycles. The molecule has 1 aromatic heterocycles. The second-order valence-electron chi connectivity index (χ2n) is 3.21. The lowest BCUT2D eigenvalue weighted by Crippen LogP contribution is -2.16. The fourth-order valence-corrected chi connectivity index (χ4v) is 1.94. The van der Waals surface area contributed by atoms with Crippen LogP contribution in [0.25, 0.3) is 0 Å². The van der Waals surface area contributed by atoms with Gasteiger partial charge in [-0.2, -0.15) is 0 Å². The van der Waals surface area contributed by atoms with E-state index < -0.39 is 12.1 Å². The molecule has 1 heterocycles. The van der Waals surface area contributed by atoms with Gasteiger partial charge in [0.1, 0.15) is 6.61 Å². The Kier molecular flexibility index (Phi) is 4.83. The third-order valence-corrected chi connectivity index (χ3v) is 2.74. The lowest BCUT2D eigenvalue weighted by molar-refractivity contribution is -0.133. The highest BCUT2D eigenvalue weighted by molar-refractivity contribution is 7.99. The second-order valence-corrected chi connectivity index (χ2v) is 4.15. The molecule has 8 heteroatoms. The Morgan fingerprint density at radius 3 is 2.94 bits per heavy atom. The van der Waals surface area contributed by atoms with Crippen molar-refractivity contribution >= 4 is 23.8 Å². The summed E-state index contributed by atoms with van der Waals surface area (Å²) in [6.45, 7) is 2.33. The van der Waals surface area contributed by atoms with Crippen molar-refractivity contribution in [2.24, 2.45) is 5.73 Å². The highest BCUT2D eigenvalue weighted by atomic mass is 32.2. The highest BCUT2D eigenvalue weighted by Crippen LogP contribution is 2.17. The first-order chi connectivity index (χ1) is 7.99. The van der Waals surface area contributed by atoms with Gasteiger partial charge in [0.15, 0.2) is 5.16 Å². The Labute approximate surface area is 102 Å². The molecule has 17 heavy (non-hydrogen) atoms. The van der Waals surface area contributed by atoms with E-state index in [2.05, 4.69) is 9.72 Å². The van der Waals surface area contributed by atoms with Gasteiger partial charge in [0.05, 0.1) is 18.0 Å². The summed E-state index contributed by atoms with van der Waals surface area (Å²) < 4.78 is 6.33. The van der Waals surface area contributed by atoms with Crippen LogP contribution in [0.5, 0.6) is 0 Å². The molecular formula is C9H13N3O4S. The lowest BCUT2D eigenvalue weighted by atomic mass is 10.5. The van der Waals surface area contributed by atoms with Gasteiger partial charge >= 0.3 is 12.1 Å². The molecule has 0 fully saturated rings. The van der Waals surface area contributed by atoms with E-state index in [0.717, 1.165) is 17.5 Å². The van der Waals surface area contributed by atoms with Crippen molar-refractivity contribution in [3.63, 3.8) is 0 Å². The molecule has 0 spiro atoms. The summed E-state index contributed by atoms with van der Waals surface area (Å²) >= 11 is 1.12. The predicted octanol–water partition coefficient (Wildman–Crippen LogP) is 0.464. The topological polar surface area (TPSA) is 107 Å². The minimum absolute atomic E-state index is 0.0624. The average Bonchev–Trinajstić information content (AvgIpc) is 2.55. The van der Waals surface area contributed by atoms with Crippen LogP contribution in [0.3, 0.4) is 0 Å². The number of nitrogens with zero attached hydrogens (tertiary/aromatic N) is 2. The first kappa shape index (κ1) is 13.4. The van der Waals surface area contributed by atoms with Gasteiger partial charge in [0, 0.05) is 6.20 Å². The molecule has 0 saturated carbocycles. The maximum atomic E-state index is 10.5. The number of carboxylic acids is 1. The SMILES string of the molecule is Cc1cn(CCOC(N)=O)c(SCC(=O)O)n1. The van der Waals surface area contributed by atoms with Gasteiger partial charge in [-0.1, -0.05) is 11.8 Å². The molecule has 0 unspecified atom stereocenters. The van der Waals surface area contributed by atoms with E-state index in [4.69, 9.17) is 10.8 Å². The average molecular weight is 259 g/mol. The van der Waals surface area contributed by atoms with Crippen molar-refractivity contribution in [3.8, 4) is 0 Å². The quantitative estimate of drug-likeness (QED) is 0.719. The number of carboxylic acid groups (broad SMARTS) is 1. The number of hydrogen-bond donors (Lipinski definition) is 2. The largest absolute Gasteiger partial charge is 0.481 e. The summed E-state index contributed by atoms with van der Waals surface area (Å²) in [4.78, 5) is 25.0. The minimum atomic E-state index is -0.907. The Morgan fingerprint density at radius 2 is 2.35 bits per heavy atom. The van der Waals surface area contributed by atoms with Crippen molar-refractivity contribution in [3.05, 3.63) is 11.9 Å². The zero-order chi connectivity index (χ0) is 12.8. The standard InChI is InChI=1S/C9H13N3O4S/c1-6-4-12(2-3-16-8(10)15)9(11-6)17-5-7(13)14/h4H,2-3,5H2,1H3,(H2,10,15)(H,13,14). The Hall–Kier alpha value is -1.70. The van der Waals surface area contributed by atoms with Crippen LogP contribution >= 0.6 is 11.8 Å². The van der Waals surface area contributed by atoms with Crippen LogP contribution in [0.1, 0.15) is 5.69 Å². The lowest BCUT2D eigenvalue weighted by Gasteiger charge is -2.06. The van der Waals surface area contributed by atoms with E-state index in [0.29, 0.717) is 11.7 Å². The van der Waals surface area contributed by atoms with Crippen molar-refractivity contribution < 1.29 is 19.4 Å². The molecule has 0 aromatic carbocycles. The van der Waals surface area contributed by atoms with Gasteiger partial charge < -0.3 is 20.1 Å². The number of imidazole rings is 1. The number of primary amides is 1. The summed E-state index contributed by atoms with van der Waals surface area (Å²) in [6, 6.07) is 0. The number of hydrogen-bond acceptors (Lipinski definition) is 5. The molecule has 0 bridgehead atoms. The van der Waals surface area contributed by atoms with Gasteiger partial charge in [-0.25, -0.2) is 9.78 Å². The third kappa shape index (κ3) is 4.77. The molecule has 0 radical (unpaired) electrons. The molecule has 94 valence electrons. The van der Waals surface area contributed by atoms with Crippen molar-refractivity contribution in [1.82, 2.24) is 9.55 Å². The summed E-state index contributed by atoms with van der Waals surface area (Å²) in [6.07, 6.45) is 0.927. The molecular weight excluding hydrogens is 246 g/mol. The number of amides is 1. The summed E-state index contributed by atoms with van der Waals surface area (Å²) in [5.74, 6) is -0.969. The number of carbonyl (C=O) groups is 2. The number of aliphatic carboxylic acids is 1. The van der Waals surface area contributed by atoms with E-state index in [9.17, 15) is 9.59 Å². The van der Waals surface area contributed by atoms with Crippen LogP contribution in [-0.2, 0) is 16.1 Å². The molecule has 7 nitrogen and oxygen atoms in total. The van der Waals surface area contributed by atoms with Gasteiger partial charge in [0.2, 0.25) is 0 Å². The number of ether oxygens (including phenoxy) is 1. The fraction of sp³-hybridized carbons (Fsp3) is 0.444. The Morgan fingerprint density at radius 1 is 1.65 bits per heavy atom. The van der Waals surface area contributed by atoms with E-state index in [-0.39, 0.29) is 12.4 Å². The number of aromatic nitrogens is 2. The van der Waals surface area contributed by atoms with Crippen LogP contribution in [0, 0.1) is 6.92 Å². The van der Waals surface area contributed by atoms with Crippen molar-refractivity contribution in [1.29, 1.82) is 0 Å². The van der Waals surface area contributed by atoms with Crippen molar-refractivity contribution in [2.45, 2.75) is 18.6 Å². The Balaban J connectivity index is 2.57. The molecule has 3 N–H and O–H groups in total. The van der Waals surface area contributed by atoms with Crippen LogP contribution in [0.15, 0.2) is 11.4 Å². The number of carbonyl (C=O) groups excluding carboxylic acids is 1. The van der Waals surface area contributed by atoms with E-state index >= 15 is 0 Å². The molecule has 1 rings (SSSR count). The fourth-order valence-electron chi connectivity index (χ4n) is 1.17. The molecule has 0 aliphatic heterocycles. The predicted molar refractivity (Wildman–Crippen MR) is 60.9 cm³/mol. The first-order valence-electron chi connectivity index (χ1n) is 4.79. The van der Waals surface area contributed by atoms with Crippen molar-refractivity contribution in [2.75, 3.05) is 12.4 Å². The number of aryl methyl sites for hydroxylation is 1. The smallest absolute Gasteiger partial charge is 0.404 e. The third-order valence-electron chi connectivity index (χ3n) is 1.76. The van der Waals surface area contributed by atoms with Gasteiger partial charge in [-0.15, -0.1) is 0 Å². The molecule has 0 aliphatic rings. The maximum absolute atomic E-state index is 10.5. The highest BCUT2D eigenvalue weighted by Gasteiger charge is 2.08. The second kappa shape index (κ2) is 6.14. The zero-order valence-corrected chi connectivity index (χ0v) is 10.1. The number of thioether (sulfide) groups is 1. The van der Waals surface area contributed by atoms with Gasteiger partial charge in [-0.05, 0) is 6.92 Å². The molecule has 1 aromatic rings. The van der Waals surface area contributed by atoms with Gasteiger partial charge in [-0.3, -0.25) is 4.79 Å². The molecule has 0 atom stereocenters. The van der Waals surface area contributed by atoms with Gasteiger partial charge in [0.25, 0.3) is 0 Å². The molecule has 0 aliphatic carbocycles. The normalized spacial score (nSPS) is 10.2. The van der Waals surface area contributed by atoms with E-state index in [1.807, 2.05) is 0 Å². The molecule has 1 amide bonds. The minimum Gasteiger partial charge on any atom is -0.481 e. The van der Waals surface area contributed by atoms with Crippen LogP contribution in [-0.4, -0.2) is 39.1 Å². The van der Waals surface area contributed by atoms with E-state index in [1.54, 1.807) is 17.7 Å². The van der Waals surface area contributed by atoms with Crippen LogP contribution < -0.4 is 5.73 Å². The maximum Gasteiger partial charge on any atom is 0.404 e. The Bertz CT molecular complexity index is 418. The van der Waals surface area contributed by atoms with Crippen LogP contribution in [0.2, 0.25) is 0 Å². The summed E-state index contributed by atoms with van der Waals surface area (Å²) in [7, 11) is 0. The van der Waals surface area contributed by atoms with E-state index in [1.165, 1.54) is 0 Å². The number of nitrogens with two attached hydrogens (primary N) is 1.